The fourth-order valence-electron chi connectivity index (χ4n) is 1.66. The predicted molar refractivity (Wildman–Crippen MR) is 67.8 cm³/mol. The molecule has 0 aromatic carbocycles. The minimum absolute atomic E-state index is 0.222. The SMILES string of the molecule is CCCn1ncnc1CN(C)C(C)CC(=N)N. The number of rotatable bonds is 7. The average Bonchev–Trinajstić information content (AvgIpc) is 2.65. The standard InChI is InChI=1S/C11H22N6/c1-4-5-17-11(14-8-15-17)7-16(3)9(2)6-10(12)13/h8-9H,4-7H2,1-3H3,(H3,12,13). The van der Waals surface area contributed by atoms with E-state index in [4.69, 9.17) is 11.1 Å². The second-order valence-corrected chi connectivity index (χ2v) is 4.39. The fraction of sp³-hybridized carbons (Fsp3) is 0.727. The first-order chi connectivity index (χ1) is 8.04. The van der Waals surface area contributed by atoms with E-state index in [0.29, 0.717) is 6.42 Å². The highest BCUT2D eigenvalue weighted by Gasteiger charge is 2.13. The molecular formula is C11H22N6. The van der Waals surface area contributed by atoms with Gasteiger partial charge >= 0.3 is 0 Å². The van der Waals surface area contributed by atoms with Crippen LogP contribution in [0.3, 0.4) is 0 Å². The number of nitrogens with one attached hydrogen (secondary N) is 1. The van der Waals surface area contributed by atoms with Crippen LogP contribution in [0.1, 0.15) is 32.5 Å². The molecule has 0 bridgehead atoms. The Morgan fingerprint density at radius 3 is 2.94 bits per heavy atom. The Balaban J connectivity index is 2.57. The zero-order chi connectivity index (χ0) is 12.8. The van der Waals surface area contributed by atoms with Crippen LogP contribution in [0.2, 0.25) is 0 Å². The van der Waals surface area contributed by atoms with E-state index in [-0.39, 0.29) is 11.9 Å². The van der Waals surface area contributed by atoms with Crippen LogP contribution in [0.5, 0.6) is 0 Å². The molecule has 1 aromatic rings. The van der Waals surface area contributed by atoms with E-state index in [1.807, 2.05) is 11.7 Å². The second-order valence-electron chi connectivity index (χ2n) is 4.39. The van der Waals surface area contributed by atoms with Gasteiger partial charge in [0.05, 0.1) is 12.4 Å². The van der Waals surface area contributed by atoms with Crippen molar-refractivity contribution in [2.45, 2.75) is 45.8 Å². The Labute approximate surface area is 102 Å². The summed E-state index contributed by atoms with van der Waals surface area (Å²) in [6, 6.07) is 0.235. The third-order valence-corrected chi connectivity index (χ3v) is 2.79. The van der Waals surface area contributed by atoms with Crippen molar-refractivity contribution in [2.75, 3.05) is 7.05 Å². The van der Waals surface area contributed by atoms with Gasteiger partial charge in [0.2, 0.25) is 0 Å². The molecular weight excluding hydrogens is 216 g/mol. The summed E-state index contributed by atoms with van der Waals surface area (Å²) >= 11 is 0. The second kappa shape index (κ2) is 6.34. The topological polar surface area (TPSA) is 83.8 Å². The Morgan fingerprint density at radius 2 is 2.35 bits per heavy atom. The van der Waals surface area contributed by atoms with Gasteiger partial charge in [-0.25, -0.2) is 9.67 Å². The molecule has 1 aromatic heterocycles. The summed E-state index contributed by atoms with van der Waals surface area (Å²) in [6.07, 6.45) is 3.22. The number of hydrogen-bond acceptors (Lipinski definition) is 4. The summed E-state index contributed by atoms with van der Waals surface area (Å²) in [5.41, 5.74) is 5.41. The molecule has 6 heteroatoms. The van der Waals surface area contributed by atoms with Gasteiger partial charge in [0.1, 0.15) is 12.2 Å². The number of aromatic nitrogens is 3. The van der Waals surface area contributed by atoms with Crippen LogP contribution in [-0.4, -0.2) is 38.6 Å². The number of nitrogens with zero attached hydrogens (tertiary/aromatic N) is 4. The summed E-state index contributed by atoms with van der Waals surface area (Å²) in [6.45, 7) is 5.80. The van der Waals surface area contributed by atoms with E-state index in [1.54, 1.807) is 6.33 Å². The fourth-order valence-corrected chi connectivity index (χ4v) is 1.66. The zero-order valence-electron chi connectivity index (χ0n) is 10.8. The number of aryl methyl sites for hydroxylation is 1. The molecule has 1 rings (SSSR count). The van der Waals surface area contributed by atoms with Crippen molar-refractivity contribution in [1.29, 1.82) is 5.41 Å². The lowest BCUT2D eigenvalue weighted by molar-refractivity contribution is 0.243. The lowest BCUT2D eigenvalue weighted by Gasteiger charge is -2.23. The highest BCUT2D eigenvalue weighted by Crippen LogP contribution is 2.06. The quantitative estimate of drug-likeness (QED) is 0.544. The Kier molecular flexibility index (Phi) is 5.09. The maximum atomic E-state index is 7.29. The minimum atomic E-state index is 0.222. The summed E-state index contributed by atoms with van der Waals surface area (Å²) in [7, 11) is 2.01. The molecule has 1 atom stereocenters. The normalized spacial score (nSPS) is 12.9. The molecule has 1 unspecified atom stereocenters. The molecule has 17 heavy (non-hydrogen) atoms. The van der Waals surface area contributed by atoms with Crippen LogP contribution >= 0.6 is 0 Å². The van der Waals surface area contributed by atoms with E-state index < -0.39 is 0 Å². The smallest absolute Gasteiger partial charge is 0.141 e. The molecule has 0 aliphatic carbocycles. The molecule has 6 nitrogen and oxygen atoms in total. The average molecular weight is 238 g/mol. The van der Waals surface area contributed by atoms with E-state index >= 15 is 0 Å². The van der Waals surface area contributed by atoms with Crippen LogP contribution < -0.4 is 5.73 Å². The van der Waals surface area contributed by atoms with Gasteiger partial charge in [-0.15, -0.1) is 0 Å². The number of hydrogen-bond donors (Lipinski definition) is 2. The Morgan fingerprint density at radius 1 is 1.65 bits per heavy atom. The van der Waals surface area contributed by atoms with Crippen LogP contribution in [-0.2, 0) is 13.1 Å². The van der Waals surface area contributed by atoms with Crippen molar-refractivity contribution in [3.05, 3.63) is 12.2 Å². The summed E-state index contributed by atoms with van der Waals surface area (Å²) < 4.78 is 1.93. The van der Waals surface area contributed by atoms with E-state index in [2.05, 4.69) is 28.8 Å². The molecule has 96 valence electrons. The van der Waals surface area contributed by atoms with E-state index in [9.17, 15) is 0 Å². The van der Waals surface area contributed by atoms with Crippen LogP contribution in [0.25, 0.3) is 0 Å². The third-order valence-electron chi connectivity index (χ3n) is 2.79. The lowest BCUT2D eigenvalue weighted by Crippen LogP contribution is -2.33. The van der Waals surface area contributed by atoms with Crippen molar-refractivity contribution < 1.29 is 0 Å². The van der Waals surface area contributed by atoms with Gasteiger partial charge in [0, 0.05) is 19.0 Å². The maximum absolute atomic E-state index is 7.29. The van der Waals surface area contributed by atoms with Crippen molar-refractivity contribution in [3.63, 3.8) is 0 Å². The van der Waals surface area contributed by atoms with Crippen molar-refractivity contribution in [2.24, 2.45) is 5.73 Å². The molecule has 0 aliphatic heterocycles. The largest absolute Gasteiger partial charge is 0.388 e. The molecule has 0 radical (unpaired) electrons. The number of nitrogens with two attached hydrogens (primary N) is 1. The third kappa shape index (κ3) is 4.14. The molecule has 3 N–H and O–H groups in total. The first-order valence-corrected chi connectivity index (χ1v) is 5.94. The van der Waals surface area contributed by atoms with E-state index in [0.717, 1.165) is 25.3 Å². The number of amidine groups is 1. The van der Waals surface area contributed by atoms with Crippen LogP contribution in [0.15, 0.2) is 6.33 Å². The molecule has 0 fully saturated rings. The van der Waals surface area contributed by atoms with Gasteiger partial charge in [-0.1, -0.05) is 6.92 Å². The monoisotopic (exact) mass is 238 g/mol. The van der Waals surface area contributed by atoms with Crippen LogP contribution in [0, 0.1) is 5.41 Å². The highest BCUT2D eigenvalue weighted by atomic mass is 15.3. The van der Waals surface area contributed by atoms with Crippen molar-refractivity contribution in [1.82, 2.24) is 19.7 Å². The van der Waals surface area contributed by atoms with Crippen molar-refractivity contribution >= 4 is 5.84 Å². The first kappa shape index (κ1) is 13.6. The molecule has 1 heterocycles. The lowest BCUT2D eigenvalue weighted by atomic mass is 10.2. The van der Waals surface area contributed by atoms with Crippen LogP contribution in [0.4, 0.5) is 0 Å². The van der Waals surface area contributed by atoms with Gasteiger partial charge in [-0.3, -0.25) is 10.3 Å². The highest BCUT2D eigenvalue weighted by molar-refractivity contribution is 5.77. The molecule has 0 saturated carbocycles. The van der Waals surface area contributed by atoms with E-state index in [1.165, 1.54) is 0 Å². The van der Waals surface area contributed by atoms with Crippen molar-refractivity contribution in [3.8, 4) is 0 Å². The van der Waals surface area contributed by atoms with Gasteiger partial charge in [0.15, 0.2) is 0 Å². The Hall–Kier alpha value is -1.43. The molecule has 0 aliphatic rings. The van der Waals surface area contributed by atoms with Gasteiger partial charge < -0.3 is 5.73 Å². The molecule has 0 saturated heterocycles. The van der Waals surface area contributed by atoms with Gasteiger partial charge in [0.25, 0.3) is 0 Å². The van der Waals surface area contributed by atoms with Gasteiger partial charge in [-0.2, -0.15) is 5.10 Å². The zero-order valence-corrected chi connectivity index (χ0v) is 10.8. The first-order valence-electron chi connectivity index (χ1n) is 5.94. The predicted octanol–water partition coefficient (Wildman–Crippen LogP) is 0.834. The summed E-state index contributed by atoms with van der Waals surface area (Å²) in [4.78, 5) is 6.40. The van der Waals surface area contributed by atoms with Gasteiger partial charge in [-0.05, 0) is 20.4 Å². The summed E-state index contributed by atoms with van der Waals surface area (Å²) in [5, 5.41) is 11.5. The maximum Gasteiger partial charge on any atom is 0.141 e. The summed E-state index contributed by atoms with van der Waals surface area (Å²) in [5.74, 6) is 1.18. The molecule has 0 spiro atoms. The Bertz CT molecular complexity index is 359. The minimum Gasteiger partial charge on any atom is -0.388 e. The molecule has 0 amide bonds.